The van der Waals surface area contributed by atoms with Crippen molar-refractivity contribution in [3.63, 3.8) is 0 Å². The van der Waals surface area contributed by atoms with Crippen molar-refractivity contribution >= 4 is 307 Å². The molecular formula is C115H83N15S9. The molecule has 139 heavy (non-hydrogen) atoms. The third-order valence-corrected chi connectivity index (χ3v) is 34.6. The molecule has 7 aromatic carbocycles. The van der Waals surface area contributed by atoms with E-state index in [1.54, 1.807) is 90.7 Å². The van der Waals surface area contributed by atoms with Crippen LogP contribution in [0.3, 0.4) is 0 Å². The molecule has 0 fully saturated rings. The van der Waals surface area contributed by atoms with E-state index >= 15 is 0 Å². The molecule has 0 radical (unpaired) electrons. The molecule has 30 aromatic rings. The van der Waals surface area contributed by atoms with Crippen molar-refractivity contribution in [3.05, 3.63) is 392 Å². The molecule has 0 aliphatic heterocycles. The molecule has 0 saturated heterocycles. The molecule has 23 aromatic heterocycles. The van der Waals surface area contributed by atoms with Crippen LogP contribution in [0.15, 0.2) is 341 Å². The van der Waals surface area contributed by atoms with Gasteiger partial charge in [0.05, 0.1) is 60.5 Å². The second-order valence-electron chi connectivity index (χ2n) is 33.5. The molecule has 0 atom stereocenters. The summed E-state index contributed by atoms with van der Waals surface area (Å²) in [5.41, 5.74) is 15.2. The van der Waals surface area contributed by atoms with Gasteiger partial charge in [0.15, 0.2) is 5.82 Å². The molecule has 15 nitrogen and oxygen atoms in total. The summed E-state index contributed by atoms with van der Waals surface area (Å²) < 4.78 is 17.5. The van der Waals surface area contributed by atoms with E-state index in [4.69, 9.17) is 9.97 Å². The third-order valence-electron chi connectivity index (χ3n) is 24.0. The summed E-state index contributed by atoms with van der Waals surface area (Å²) in [6, 6.07) is 92.6. The maximum atomic E-state index is 4.90. The van der Waals surface area contributed by atoms with E-state index in [-0.39, 0.29) is 0 Å². The van der Waals surface area contributed by atoms with Crippen molar-refractivity contribution in [2.45, 2.75) is 62.3 Å². The Morgan fingerprint density at radius 3 is 0.885 bits per heavy atom. The quantitative estimate of drug-likeness (QED) is 0.151. The van der Waals surface area contributed by atoms with Gasteiger partial charge in [-0.25, -0.2) is 39.9 Å². The topological polar surface area (TPSA) is 185 Å². The van der Waals surface area contributed by atoms with Crippen LogP contribution in [0.1, 0.15) is 50.9 Å². The number of nitrogens with zero attached hydrogens (tertiary/aromatic N) is 15. The van der Waals surface area contributed by atoms with Crippen LogP contribution in [-0.2, 0) is 0 Å². The molecule has 0 N–H and O–H groups in total. The number of hydrogen-bond acceptors (Lipinski definition) is 23. The van der Waals surface area contributed by atoms with Gasteiger partial charge in [-0.1, -0.05) is 127 Å². The minimum absolute atomic E-state index is 0.794. The molecule has 0 amide bonds. The van der Waals surface area contributed by atoms with E-state index in [0.29, 0.717) is 0 Å². The summed E-state index contributed by atoms with van der Waals surface area (Å²) in [6.07, 6.45) is 22.5. The lowest BCUT2D eigenvalue weighted by molar-refractivity contribution is 1.02. The van der Waals surface area contributed by atoms with E-state index in [9.17, 15) is 0 Å². The highest BCUT2D eigenvalue weighted by molar-refractivity contribution is 7.29. The highest BCUT2D eigenvalue weighted by Crippen LogP contribution is 2.44. The lowest BCUT2D eigenvalue weighted by Gasteiger charge is -2.08. The van der Waals surface area contributed by atoms with Crippen LogP contribution in [0, 0.1) is 62.3 Å². The number of rotatable bonds is 1. The Hall–Kier alpha value is -14.8. The Balaban J connectivity index is 0.0000000911. The van der Waals surface area contributed by atoms with Crippen LogP contribution < -0.4 is 0 Å². The fourth-order valence-corrected chi connectivity index (χ4v) is 27.1. The normalized spacial score (nSPS) is 11.3. The summed E-state index contributed by atoms with van der Waals surface area (Å²) >= 11 is 15.8. The molecule has 0 aliphatic rings. The Morgan fingerprint density at radius 2 is 0.475 bits per heavy atom. The van der Waals surface area contributed by atoms with E-state index in [0.717, 1.165) is 84.7 Å². The van der Waals surface area contributed by atoms with Gasteiger partial charge in [-0.2, -0.15) is 0 Å². The van der Waals surface area contributed by atoms with Crippen LogP contribution >= 0.6 is 102 Å². The molecule has 0 saturated carbocycles. The van der Waals surface area contributed by atoms with Gasteiger partial charge in [0.1, 0.15) is 34.8 Å². The minimum Gasteiger partial charge on any atom is -0.292 e. The molecule has 0 bridgehead atoms. The Bertz CT molecular complexity index is 8890. The van der Waals surface area contributed by atoms with Gasteiger partial charge in [-0.05, 0) is 224 Å². The lowest BCUT2D eigenvalue weighted by atomic mass is 10.1. The maximum Gasteiger partial charge on any atom is 0.159 e. The first-order chi connectivity index (χ1) is 68.1. The number of benzene rings is 7. The van der Waals surface area contributed by atoms with Gasteiger partial charge in [0.2, 0.25) is 0 Å². The van der Waals surface area contributed by atoms with E-state index in [1.807, 2.05) is 169 Å². The number of aromatic nitrogens is 15. The number of pyridine rings is 12. The second kappa shape index (κ2) is 39.0. The SMILES string of the molecule is Cc1cc2c(cn1)sc1cccnc12.Cc1cc2c(cn1)sc1ncccc12.Cc1cc2c(cn1)sc1ncccc12.Cc1cc2c(cn1)sc1ncccc12.Cc1cccc2c1sc1cccnc12.Cc1cccc2c1sc1ncccc12.Cc1cccc2c1sc1ncccc12.Cc1cccc2c1sc1ncccc12.Cc1nc(-n2c3ccccc3c3ccccc32)c2sc3ccccc3c2n1. The zero-order valence-electron chi connectivity index (χ0n) is 76.7. The van der Waals surface area contributed by atoms with Gasteiger partial charge in [0, 0.05) is 212 Å². The summed E-state index contributed by atoms with van der Waals surface area (Å²) in [5, 5.41) is 21.5. The monoisotopic (exact) mass is 1960 g/mol. The van der Waals surface area contributed by atoms with Crippen molar-refractivity contribution in [1.82, 2.24) is 74.3 Å². The predicted octanol–water partition coefficient (Wildman–Crippen LogP) is 33.9. The van der Waals surface area contributed by atoms with E-state index in [2.05, 4.69) is 310 Å². The van der Waals surface area contributed by atoms with E-state index < -0.39 is 0 Å². The van der Waals surface area contributed by atoms with Gasteiger partial charge >= 0.3 is 0 Å². The average molecular weight is 1960 g/mol. The molecule has 24 heteroatoms. The fourth-order valence-electron chi connectivity index (χ4n) is 17.5. The van der Waals surface area contributed by atoms with Crippen molar-refractivity contribution in [3.8, 4) is 5.82 Å². The second-order valence-corrected chi connectivity index (χ2v) is 42.8. The Labute approximate surface area is 833 Å². The molecule has 30 rings (SSSR count). The van der Waals surface area contributed by atoms with E-state index in [1.165, 1.54) is 177 Å². The van der Waals surface area contributed by atoms with Crippen molar-refractivity contribution < 1.29 is 0 Å². The smallest absolute Gasteiger partial charge is 0.159 e. The van der Waals surface area contributed by atoms with Crippen LogP contribution in [0.4, 0.5) is 0 Å². The average Bonchev–Trinajstić information content (AvgIpc) is 1.57. The summed E-state index contributed by atoms with van der Waals surface area (Å²) in [7, 11) is 0. The number of hydrogen-bond donors (Lipinski definition) is 0. The molecule has 0 aliphatic carbocycles. The van der Waals surface area contributed by atoms with Crippen LogP contribution in [0.5, 0.6) is 0 Å². The zero-order chi connectivity index (χ0) is 94.3. The molecule has 0 unspecified atom stereocenters. The number of thiophene rings is 9. The first-order valence-corrected chi connectivity index (χ1v) is 52.4. The van der Waals surface area contributed by atoms with Gasteiger partial charge in [-0.3, -0.25) is 34.5 Å². The maximum absolute atomic E-state index is 4.90. The van der Waals surface area contributed by atoms with Crippen LogP contribution in [0.25, 0.3) is 210 Å². The zero-order valence-corrected chi connectivity index (χ0v) is 84.1. The van der Waals surface area contributed by atoms with Crippen LogP contribution in [0.2, 0.25) is 0 Å². The summed E-state index contributed by atoms with van der Waals surface area (Å²) in [6.45, 7) is 18.6. The van der Waals surface area contributed by atoms with Gasteiger partial charge < -0.3 is 0 Å². The largest absolute Gasteiger partial charge is 0.292 e. The Kier molecular flexibility index (Phi) is 25.1. The number of fused-ring (bicyclic) bond motifs is 30. The predicted molar refractivity (Wildman–Crippen MR) is 600 cm³/mol. The Morgan fingerprint density at radius 1 is 0.187 bits per heavy atom. The molecule has 672 valence electrons. The highest BCUT2D eigenvalue weighted by Gasteiger charge is 2.21. The summed E-state index contributed by atoms with van der Waals surface area (Å²) in [5.74, 6) is 1.76. The first kappa shape index (κ1) is 89.4. The number of aryl methyl sites for hydroxylation is 9. The molecule has 23 heterocycles. The van der Waals surface area contributed by atoms with Crippen molar-refractivity contribution in [1.29, 1.82) is 0 Å². The fraction of sp³-hybridized carbons (Fsp3) is 0.0783. The van der Waals surface area contributed by atoms with Crippen molar-refractivity contribution in [2.24, 2.45) is 0 Å². The van der Waals surface area contributed by atoms with Gasteiger partial charge in [0.25, 0.3) is 0 Å². The summed E-state index contributed by atoms with van der Waals surface area (Å²) in [4.78, 5) is 68.5. The first-order valence-electron chi connectivity index (χ1n) is 45.1. The number of para-hydroxylation sites is 2. The molecule has 0 spiro atoms. The van der Waals surface area contributed by atoms with Crippen LogP contribution in [-0.4, -0.2) is 74.3 Å². The third kappa shape index (κ3) is 17.9. The minimum atomic E-state index is 0.794. The lowest BCUT2D eigenvalue weighted by Crippen LogP contribution is -2.00. The standard InChI is InChI=1S/C23H15N3S.4C12H9NS.4C11H8N2S/c1-14-24-21-17-10-4-7-13-20(17)27-22(21)23(25-14)26-18-11-5-2-8-15(18)16-9-3-6-12-19(16)26;1-8-4-2-5-9-11-10(14-12(8)9)6-3-7-13-11;3*1-8-4-2-5-9-10-6-3-7-13-12(10)14-11(8)9;1-7-5-8-10(6-13-7)14-9-3-2-4-12-11(8)9;3*1-7-5-9-8-3-2-4-12-11(8)14-10(9)6-13-7/h2-13H,1H3;4*2-7H,1H3;4*2-6H,1H3. The van der Waals surface area contributed by atoms with Crippen molar-refractivity contribution in [2.75, 3.05) is 0 Å². The highest BCUT2D eigenvalue weighted by atomic mass is 32.1. The molecular weight excluding hydrogens is 1880 g/mol. The van der Waals surface area contributed by atoms with Gasteiger partial charge in [-0.15, -0.1) is 102 Å².